The van der Waals surface area contributed by atoms with Crippen LogP contribution in [0, 0.1) is 0 Å². The van der Waals surface area contributed by atoms with Gasteiger partial charge in [0.2, 0.25) is 0 Å². The molecule has 3 heteroatoms. The topological polar surface area (TPSA) is 21.7 Å². The molecule has 116 valence electrons. The number of ether oxygens (including phenoxy) is 2. The van der Waals surface area contributed by atoms with Gasteiger partial charge in [-0.05, 0) is 36.4 Å². The summed E-state index contributed by atoms with van der Waals surface area (Å²) in [5.74, 6) is 3.11. The number of rotatable bonds is 5. The molecule has 3 nitrogen and oxygen atoms in total. The van der Waals surface area contributed by atoms with Crippen LogP contribution in [0.2, 0.25) is 0 Å². The van der Waals surface area contributed by atoms with Crippen LogP contribution in [0.3, 0.4) is 0 Å². The monoisotopic (exact) mass is 305 g/mol. The van der Waals surface area contributed by atoms with E-state index < -0.39 is 0 Å². The molecule has 0 aliphatic carbocycles. The third-order valence-electron chi connectivity index (χ3n) is 3.35. The molecule has 0 N–H and O–H groups in total. The van der Waals surface area contributed by atoms with Gasteiger partial charge in [0.15, 0.2) is 11.5 Å². The lowest BCUT2D eigenvalue weighted by Crippen LogP contribution is -2.11. The Kier molecular flexibility index (Phi) is 4.48. The predicted octanol–water partition coefficient (Wildman–Crippen LogP) is 5.34. The fraction of sp³-hybridized carbons (Fsp3) is 0.100. The van der Waals surface area contributed by atoms with Gasteiger partial charge in [-0.3, -0.25) is 0 Å². The highest BCUT2D eigenvalue weighted by atomic mass is 16.5. The number of anilines is 1. The molecule has 0 unspecified atom stereocenters. The van der Waals surface area contributed by atoms with E-state index in [2.05, 4.69) is 0 Å². The summed E-state index contributed by atoms with van der Waals surface area (Å²) in [7, 11) is 3.95. The molecule has 0 fully saturated rings. The number of para-hydroxylation sites is 3. The summed E-state index contributed by atoms with van der Waals surface area (Å²) in [6, 6.07) is 25.3. The summed E-state index contributed by atoms with van der Waals surface area (Å²) in [4.78, 5) is 2.00. The molecule has 0 saturated heterocycles. The highest BCUT2D eigenvalue weighted by molar-refractivity contribution is 5.68. The van der Waals surface area contributed by atoms with Crippen molar-refractivity contribution in [2.75, 3.05) is 19.0 Å². The fourth-order valence-electron chi connectivity index (χ4n) is 2.34. The van der Waals surface area contributed by atoms with Crippen LogP contribution in [0.1, 0.15) is 0 Å². The van der Waals surface area contributed by atoms with E-state index in [1.165, 1.54) is 0 Å². The zero-order chi connectivity index (χ0) is 16.1. The lowest BCUT2D eigenvalue weighted by atomic mass is 10.2. The first-order valence-corrected chi connectivity index (χ1v) is 7.50. The second-order valence-corrected chi connectivity index (χ2v) is 5.33. The molecule has 0 bridgehead atoms. The Balaban J connectivity index is 1.95. The van der Waals surface area contributed by atoms with Crippen LogP contribution < -0.4 is 14.4 Å². The normalized spacial score (nSPS) is 10.2. The molecule has 3 aromatic carbocycles. The largest absolute Gasteiger partial charge is 0.455 e. The summed E-state index contributed by atoms with van der Waals surface area (Å²) >= 11 is 0. The van der Waals surface area contributed by atoms with E-state index in [0.717, 1.165) is 28.7 Å². The SMILES string of the molecule is CN(C)c1c(Oc2ccccc2)cccc1Oc1ccccc1. The maximum Gasteiger partial charge on any atom is 0.154 e. The van der Waals surface area contributed by atoms with E-state index >= 15 is 0 Å². The Hall–Kier alpha value is -2.94. The summed E-state index contributed by atoms with van der Waals surface area (Å²) < 4.78 is 12.1. The zero-order valence-corrected chi connectivity index (χ0v) is 13.3. The van der Waals surface area contributed by atoms with Crippen LogP contribution in [0.15, 0.2) is 78.9 Å². The first-order chi connectivity index (χ1) is 11.2. The Morgan fingerprint density at radius 3 is 1.39 bits per heavy atom. The van der Waals surface area contributed by atoms with Gasteiger partial charge in [0, 0.05) is 14.1 Å². The van der Waals surface area contributed by atoms with Crippen LogP contribution >= 0.6 is 0 Å². The van der Waals surface area contributed by atoms with Gasteiger partial charge in [-0.2, -0.15) is 0 Å². The van der Waals surface area contributed by atoms with E-state index in [-0.39, 0.29) is 0 Å². The highest BCUT2D eigenvalue weighted by Crippen LogP contribution is 2.40. The lowest BCUT2D eigenvalue weighted by Gasteiger charge is -2.21. The maximum atomic E-state index is 6.03. The molecule has 0 aliphatic heterocycles. The van der Waals surface area contributed by atoms with Crippen molar-refractivity contribution < 1.29 is 9.47 Å². The zero-order valence-electron chi connectivity index (χ0n) is 13.3. The van der Waals surface area contributed by atoms with Gasteiger partial charge in [0.1, 0.15) is 17.2 Å². The van der Waals surface area contributed by atoms with Crippen molar-refractivity contribution >= 4 is 5.69 Å². The molecule has 0 heterocycles. The molecule has 23 heavy (non-hydrogen) atoms. The van der Waals surface area contributed by atoms with Crippen molar-refractivity contribution in [1.29, 1.82) is 0 Å². The molecule has 0 radical (unpaired) electrons. The van der Waals surface area contributed by atoms with Crippen molar-refractivity contribution in [3.8, 4) is 23.0 Å². The Bertz CT molecular complexity index is 695. The second kappa shape index (κ2) is 6.88. The van der Waals surface area contributed by atoms with Crippen LogP contribution in [-0.4, -0.2) is 14.1 Å². The Morgan fingerprint density at radius 1 is 0.565 bits per heavy atom. The Morgan fingerprint density at radius 2 is 1.00 bits per heavy atom. The van der Waals surface area contributed by atoms with Crippen LogP contribution in [0.5, 0.6) is 23.0 Å². The van der Waals surface area contributed by atoms with Gasteiger partial charge in [-0.25, -0.2) is 0 Å². The molecule has 3 rings (SSSR count). The molecule has 0 saturated carbocycles. The smallest absolute Gasteiger partial charge is 0.154 e. The minimum Gasteiger partial charge on any atom is -0.455 e. The molecule has 0 aromatic heterocycles. The third-order valence-corrected chi connectivity index (χ3v) is 3.35. The fourth-order valence-corrected chi connectivity index (χ4v) is 2.34. The van der Waals surface area contributed by atoms with Gasteiger partial charge < -0.3 is 14.4 Å². The quantitative estimate of drug-likeness (QED) is 0.635. The number of hydrogen-bond acceptors (Lipinski definition) is 3. The van der Waals surface area contributed by atoms with E-state index in [9.17, 15) is 0 Å². The third kappa shape index (κ3) is 3.64. The molecule has 0 aliphatic rings. The number of benzene rings is 3. The van der Waals surface area contributed by atoms with Gasteiger partial charge in [0.05, 0.1) is 0 Å². The average Bonchev–Trinajstić information content (AvgIpc) is 2.56. The van der Waals surface area contributed by atoms with Gasteiger partial charge >= 0.3 is 0 Å². The molecule has 3 aromatic rings. The van der Waals surface area contributed by atoms with E-state index in [1.807, 2.05) is 97.9 Å². The van der Waals surface area contributed by atoms with Crippen molar-refractivity contribution in [1.82, 2.24) is 0 Å². The first kappa shape index (κ1) is 15.0. The van der Waals surface area contributed by atoms with Crippen LogP contribution in [0.25, 0.3) is 0 Å². The predicted molar refractivity (Wildman–Crippen MR) is 93.8 cm³/mol. The molecule has 0 amide bonds. The minimum absolute atomic E-state index is 0.759. The summed E-state index contributed by atoms with van der Waals surface area (Å²) in [6.07, 6.45) is 0. The van der Waals surface area contributed by atoms with Crippen molar-refractivity contribution in [2.45, 2.75) is 0 Å². The molecular formula is C20H19NO2. The maximum absolute atomic E-state index is 6.03. The summed E-state index contributed by atoms with van der Waals surface area (Å²) in [5.41, 5.74) is 0.903. The van der Waals surface area contributed by atoms with E-state index in [0.29, 0.717) is 0 Å². The van der Waals surface area contributed by atoms with Crippen molar-refractivity contribution in [3.05, 3.63) is 78.9 Å². The van der Waals surface area contributed by atoms with Crippen molar-refractivity contribution in [2.24, 2.45) is 0 Å². The standard InChI is InChI=1S/C20H19NO2/c1-21(2)20-18(22-16-10-5-3-6-11-16)14-9-15-19(20)23-17-12-7-4-8-13-17/h3-15H,1-2H3. The molecular weight excluding hydrogens is 286 g/mol. The highest BCUT2D eigenvalue weighted by Gasteiger charge is 2.14. The van der Waals surface area contributed by atoms with Gasteiger partial charge in [-0.15, -0.1) is 0 Å². The van der Waals surface area contributed by atoms with Gasteiger partial charge in [0.25, 0.3) is 0 Å². The molecule has 0 atom stereocenters. The number of nitrogens with zero attached hydrogens (tertiary/aromatic N) is 1. The van der Waals surface area contributed by atoms with Crippen LogP contribution in [-0.2, 0) is 0 Å². The average molecular weight is 305 g/mol. The first-order valence-electron chi connectivity index (χ1n) is 7.50. The summed E-state index contributed by atoms with van der Waals surface area (Å²) in [6.45, 7) is 0. The minimum atomic E-state index is 0.759. The Labute approximate surface area is 136 Å². The van der Waals surface area contributed by atoms with Crippen molar-refractivity contribution in [3.63, 3.8) is 0 Å². The van der Waals surface area contributed by atoms with Gasteiger partial charge in [-0.1, -0.05) is 42.5 Å². The van der Waals surface area contributed by atoms with E-state index in [1.54, 1.807) is 0 Å². The second-order valence-electron chi connectivity index (χ2n) is 5.33. The van der Waals surface area contributed by atoms with Crippen LogP contribution in [0.4, 0.5) is 5.69 Å². The lowest BCUT2D eigenvalue weighted by molar-refractivity contribution is 0.461. The number of hydrogen-bond donors (Lipinski definition) is 0. The molecule has 0 spiro atoms. The van der Waals surface area contributed by atoms with E-state index in [4.69, 9.17) is 9.47 Å². The summed E-state index contributed by atoms with van der Waals surface area (Å²) in [5, 5.41) is 0.